The zero-order valence-electron chi connectivity index (χ0n) is 4.98. The minimum atomic E-state index is -0.702. The molecule has 0 aliphatic heterocycles. The number of carbonyl (C=O) groups is 1. The molecule has 1 amide bonds. The molecule has 0 spiro atoms. The van der Waals surface area contributed by atoms with Crippen LogP contribution in [0.1, 0.15) is 10.6 Å². The Morgan fingerprint density at radius 1 is 1.90 bits per heavy atom. The van der Waals surface area contributed by atoms with Crippen molar-refractivity contribution in [3.63, 3.8) is 0 Å². The topological polar surface area (TPSA) is 84.7 Å². The Labute approximate surface area is 56.7 Å². The molecule has 0 saturated heterocycles. The van der Waals surface area contributed by atoms with Crippen LogP contribution in [0.4, 0.5) is 0 Å². The average molecular weight is 136 g/mol. The zero-order valence-corrected chi connectivity index (χ0v) is 4.98. The molecular weight excluding hydrogens is 132 g/mol. The van der Waals surface area contributed by atoms with Crippen LogP contribution in [0, 0.1) is 11.5 Å². The van der Waals surface area contributed by atoms with Gasteiger partial charge in [-0.05, 0) is 0 Å². The van der Waals surface area contributed by atoms with Crippen molar-refractivity contribution in [3.8, 4) is 6.19 Å². The fourth-order valence-corrected chi connectivity index (χ4v) is 0.566. The van der Waals surface area contributed by atoms with Gasteiger partial charge in [0, 0.05) is 12.4 Å². The van der Waals surface area contributed by atoms with Crippen molar-refractivity contribution < 1.29 is 4.79 Å². The number of nitrogens with two attached hydrogens (primary N) is 1. The molecule has 0 saturated carbocycles. The molecule has 0 aromatic carbocycles. The fourth-order valence-electron chi connectivity index (χ4n) is 0.566. The third-order valence-corrected chi connectivity index (χ3v) is 0.969. The second-order valence-corrected chi connectivity index (χ2v) is 1.59. The van der Waals surface area contributed by atoms with Crippen LogP contribution in [-0.2, 0) is 0 Å². The SMILES string of the molecule is N#Cn1ccnc1C(N)=O. The molecule has 1 heterocycles. The molecule has 10 heavy (non-hydrogen) atoms. The van der Waals surface area contributed by atoms with Crippen molar-refractivity contribution in [1.29, 1.82) is 5.26 Å². The van der Waals surface area contributed by atoms with Crippen molar-refractivity contribution in [2.45, 2.75) is 0 Å². The summed E-state index contributed by atoms with van der Waals surface area (Å²) in [6.07, 6.45) is 4.41. The lowest BCUT2D eigenvalue weighted by atomic mass is 10.6. The fraction of sp³-hybridized carbons (Fsp3) is 0. The molecule has 1 rings (SSSR count). The van der Waals surface area contributed by atoms with Gasteiger partial charge in [0.2, 0.25) is 5.82 Å². The van der Waals surface area contributed by atoms with Crippen LogP contribution in [0.2, 0.25) is 0 Å². The second kappa shape index (κ2) is 2.19. The standard InChI is InChI=1S/C5H4N4O/c6-3-9-2-1-8-5(9)4(7)10/h1-2H,(H2,7,10). The minimum Gasteiger partial charge on any atom is -0.363 e. The van der Waals surface area contributed by atoms with Gasteiger partial charge < -0.3 is 5.73 Å². The van der Waals surface area contributed by atoms with Crippen LogP contribution < -0.4 is 5.73 Å². The second-order valence-electron chi connectivity index (χ2n) is 1.59. The molecule has 0 radical (unpaired) electrons. The number of primary amides is 1. The van der Waals surface area contributed by atoms with Gasteiger partial charge in [0.15, 0.2) is 6.19 Å². The Kier molecular flexibility index (Phi) is 1.38. The first-order valence-corrected chi connectivity index (χ1v) is 2.49. The van der Waals surface area contributed by atoms with Crippen molar-refractivity contribution in [2.24, 2.45) is 5.73 Å². The molecule has 5 heteroatoms. The average Bonchev–Trinajstić information content (AvgIpc) is 2.33. The number of carbonyl (C=O) groups excluding carboxylic acids is 1. The maximum absolute atomic E-state index is 10.4. The Morgan fingerprint density at radius 2 is 2.60 bits per heavy atom. The lowest BCUT2D eigenvalue weighted by Crippen LogP contribution is -2.16. The van der Waals surface area contributed by atoms with E-state index in [1.165, 1.54) is 12.4 Å². The third-order valence-electron chi connectivity index (χ3n) is 0.969. The summed E-state index contributed by atoms with van der Waals surface area (Å²) in [6, 6.07) is 0. The van der Waals surface area contributed by atoms with Gasteiger partial charge in [0.1, 0.15) is 0 Å². The predicted molar refractivity (Wildman–Crippen MR) is 31.8 cm³/mol. The first-order chi connectivity index (χ1) is 4.75. The summed E-state index contributed by atoms with van der Waals surface area (Å²) in [6.45, 7) is 0. The molecule has 1 aromatic heterocycles. The van der Waals surface area contributed by atoms with E-state index in [2.05, 4.69) is 4.98 Å². The van der Waals surface area contributed by atoms with Gasteiger partial charge in [-0.25, -0.2) is 9.55 Å². The van der Waals surface area contributed by atoms with Crippen LogP contribution in [0.15, 0.2) is 12.4 Å². The van der Waals surface area contributed by atoms with Gasteiger partial charge in [-0.2, -0.15) is 5.26 Å². The smallest absolute Gasteiger partial charge is 0.285 e. The van der Waals surface area contributed by atoms with Crippen LogP contribution in [-0.4, -0.2) is 15.5 Å². The summed E-state index contributed by atoms with van der Waals surface area (Å²) in [5, 5.41) is 8.32. The molecule has 0 aliphatic rings. The molecule has 0 bridgehead atoms. The summed E-state index contributed by atoms with van der Waals surface area (Å²) < 4.78 is 1.00. The van der Waals surface area contributed by atoms with Gasteiger partial charge in [0.05, 0.1) is 0 Å². The maximum atomic E-state index is 10.4. The summed E-state index contributed by atoms with van der Waals surface area (Å²) >= 11 is 0. The van der Waals surface area contributed by atoms with Crippen LogP contribution >= 0.6 is 0 Å². The van der Waals surface area contributed by atoms with E-state index in [4.69, 9.17) is 11.0 Å². The molecule has 1 aromatic rings. The molecule has 0 aliphatic carbocycles. The maximum Gasteiger partial charge on any atom is 0.285 e. The van der Waals surface area contributed by atoms with Crippen molar-refractivity contribution in [2.75, 3.05) is 0 Å². The summed E-state index contributed by atoms with van der Waals surface area (Å²) in [4.78, 5) is 14.0. The zero-order chi connectivity index (χ0) is 7.56. The first-order valence-electron chi connectivity index (χ1n) is 2.49. The van der Waals surface area contributed by atoms with E-state index in [0.29, 0.717) is 0 Å². The quantitative estimate of drug-likeness (QED) is 0.554. The number of hydrogen-bond donors (Lipinski definition) is 1. The molecule has 0 unspecified atom stereocenters. The van der Waals surface area contributed by atoms with Crippen molar-refractivity contribution >= 4 is 5.91 Å². The highest BCUT2D eigenvalue weighted by Crippen LogP contribution is 1.91. The van der Waals surface area contributed by atoms with E-state index >= 15 is 0 Å². The lowest BCUT2D eigenvalue weighted by Gasteiger charge is -1.88. The summed E-state index contributed by atoms with van der Waals surface area (Å²) in [5.74, 6) is -0.742. The minimum absolute atomic E-state index is 0.0394. The van der Waals surface area contributed by atoms with E-state index in [-0.39, 0.29) is 5.82 Å². The van der Waals surface area contributed by atoms with Crippen molar-refractivity contribution in [1.82, 2.24) is 9.55 Å². The lowest BCUT2D eigenvalue weighted by molar-refractivity contribution is 0.0989. The number of nitrogens with zero attached hydrogens (tertiary/aromatic N) is 3. The number of amides is 1. The number of rotatable bonds is 1. The van der Waals surface area contributed by atoms with E-state index < -0.39 is 5.91 Å². The number of nitriles is 1. The molecule has 50 valence electrons. The van der Waals surface area contributed by atoms with E-state index in [9.17, 15) is 4.79 Å². The molecular formula is C5H4N4O. The Hall–Kier alpha value is -1.83. The summed E-state index contributed by atoms with van der Waals surface area (Å²) in [7, 11) is 0. The largest absolute Gasteiger partial charge is 0.363 e. The summed E-state index contributed by atoms with van der Waals surface area (Å²) in [5.41, 5.74) is 4.86. The van der Waals surface area contributed by atoms with Crippen molar-refractivity contribution in [3.05, 3.63) is 18.2 Å². The first kappa shape index (κ1) is 6.29. The van der Waals surface area contributed by atoms with Gasteiger partial charge in [-0.3, -0.25) is 4.79 Å². The molecule has 0 atom stereocenters. The van der Waals surface area contributed by atoms with Gasteiger partial charge >= 0.3 is 0 Å². The monoisotopic (exact) mass is 136 g/mol. The number of imidazole rings is 1. The molecule has 5 nitrogen and oxygen atoms in total. The Bertz CT molecular complexity index is 295. The Balaban J connectivity index is 3.17. The van der Waals surface area contributed by atoms with E-state index in [0.717, 1.165) is 4.57 Å². The van der Waals surface area contributed by atoms with Crippen LogP contribution in [0.25, 0.3) is 0 Å². The molecule has 0 fully saturated rings. The van der Waals surface area contributed by atoms with E-state index in [1.54, 1.807) is 6.19 Å². The highest BCUT2D eigenvalue weighted by atomic mass is 16.1. The number of aromatic nitrogens is 2. The van der Waals surface area contributed by atoms with Crippen LogP contribution in [0.3, 0.4) is 0 Å². The molecule has 2 N–H and O–H groups in total. The van der Waals surface area contributed by atoms with Gasteiger partial charge in [-0.15, -0.1) is 0 Å². The predicted octanol–water partition coefficient (Wildman–Crippen LogP) is -0.689. The highest BCUT2D eigenvalue weighted by Gasteiger charge is 2.06. The van der Waals surface area contributed by atoms with E-state index in [1.807, 2.05) is 0 Å². The number of hydrogen-bond acceptors (Lipinski definition) is 3. The Morgan fingerprint density at radius 3 is 3.00 bits per heavy atom. The van der Waals surface area contributed by atoms with Gasteiger partial charge in [-0.1, -0.05) is 0 Å². The normalized spacial score (nSPS) is 8.70. The third kappa shape index (κ3) is 0.821. The highest BCUT2D eigenvalue weighted by molar-refractivity contribution is 5.89. The van der Waals surface area contributed by atoms with Gasteiger partial charge in [0.25, 0.3) is 5.91 Å². The van der Waals surface area contributed by atoms with Crippen LogP contribution in [0.5, 0.6) is 0 Å².